The van der Waals surface area contributed by atoms with E-state index >= 15 is 0 Å². The Labute approximate surface area is 153 Å². The fourth-order valence-corrected chi connectivity index (χ4v) is 2.88. The minimum Gasteiger partial charge on any atom is -0.488 e. The molecule has 26 heavy (non-hydrogen) atoms. The number of sulfone groups is 1. The van der Waals surface area contributed by atoms with Crippen molar-refractivity contribution in [1.82, 2.24) is 0 Å². The van der Waals surface area contributed by atoms with Gasteiger partial charge in [0, 0.05) is 25.0 Å². The number of hydrogen-bond donors (Lipinski definition) is 2. The minimum atomic E-state index is -3.27. The van der Waals surface area contributed by atoms with Crippen LogP contribution in [-0.4, -0.2) is 40.3 Å². The molecule has 0 bridgehead atoms. The quantitative estimate of drug-likeness (QED) is 0.539. The van der Waals surface area contributed by atoms with Gasteiger partial charge in [-0.15, -0.1) is 0 Å². The third-order valence-electron chi connectivity index (χ3n) is 3.42. The van der Waals surface area contributed by atoms with Crippen LogP contribution < -0.4 is 15.2 Å². The van der Waals surface area contributed by atoms with Crippen molar-refractivity contribution >= 4 is 15.7 Å². The van der Waals surface area contributed by atoms with E-state index in [1.165, 1.54) is 12.1 Å². The summed E-state index contributed by atoms with van der Waals surface area (Å²) in [7, 11) is -1.68. The highest BCUT2D eigenvalue weighted by atomic mass is 32.2. The van der Waals surface area contributed by atoms with Crippen molar-refractivity contribution in [2.75, 3.05) is 20.0 Å². The third-order valence-corrected chi connectivity index (χ3v) is 4.55. The molecule has 0 aliphatic heterocycles. The Kier molecular flexibility index (Phi) is 6.23. The molecule has 2 aromatic carbocycles. The van der Waals surface area contributed by atoms with Crippen LogP contribution in [0.4, 0.5) is 0 Å². The molecule has 3 N–H and O–H groups in total. The van der Waals surface area contributed by atoms with E-state index in [2.05, 4.69) is 0 Å². The molecule has 0 aliphatic carbocycles. The first-order chi connectivity index (χ1) is 12.2. The van der Waals surface area contributed by atoms with Gasteiger partial charge in [-0.1, -0.05) is 0 Å². The Hall–Kier alpha value is -2.58. The Morgan fingerprint density at radius 2 is 1.73 bits per heavy atom. The average molecular weight is 378 g/mol. The first-order valence-electron chi connectivity index (χ1n) is 7.82. The topological polar surface area (TPSA) is 112 Å². The fraction of sp³-hybridized carbons (Fsp3) is 0.278. The summed E-state index contributed by atoms with van der Waals surface area (Å²) in [5, 5.41) is 7.64. The highest BCUT2D eigenvalue weighted by molar-refractivity contribution is 7.90. The smallest absolute Gasteiger partial charge is 0.175 e. The summed E-state index contributed by atoms with van der Waals surface area (Å²) in [5.41, 5.74) is 6.04. The zero-order chi connectivity index (χ0) is 19.3. The van der Waals surface area contributed by atoms with E-state index in [1.54, 1.807) is 37.4 Å². The second kappa shape index (κ2) is 8.20. The summed E-state index contributed by atoms with van der Waals surface area (Å²) in [4.78, 5) is 0.208. The Morgan fingerprint density at radius 1 is 1.12 bits per heavy atom. The molecule has 2 rings (SSSR count). The van der Waals surface area contributed by atoms with Crippen molar-refractivity contribution in [2.45, 2.75) is 17.9 Å². The fourth-order valence-electron chi connectivity index (χ4n) is 2.25. The van der Waals surface area contributed by atoms with E-state index in [0.717, 1.165) is 6.26 Å². The monoisotopic (exact) mass is 378 g/mol. The van der Waals surface area contributed by atoms with E-state index in [4.69, 9.17) is 25.4 Å². The summed E-state index contributed by atoms with van der Waals surface area (Å²) in [6, 6.07) is 11.0. The molecule has 140 valence electrons. The van der Waals surface area contributed by atoms with Crippen molar-refractivity contribution in [3.05, 3.63) is 48.0 Å². The SMILES string of the molecule is COCC(C)Oc1cc(Oc2ccc(S(C)(=O)=O)cc2)cc(C(=N)N)c1. The van der Waals surface area contributed by atoms with Gasteiger partial charge in [0.25, 0.3) is 0 Å². The molecule has 0 aromatic heterocycles. The van der Waals surface area contributed by atoms with E-state index < -0.39 is 9.84 Å². The number of rotatable bonds is 8. The van der Waals surface area contributed by atoms with Crippen LogP contribution in [0.15, 0.2) is 47.4 Å². The van der Waals surface area contributed by atoms with Crippen molar-refractivity contribution < 1.29 is 22.6 Å². The van der Waals surface area contributed by atoms with Crippen LogP contribution in [0.25, 0.3) is 0 Å². The normalized spacial score (nSPS) is 12.4. The molecule has 0 heterocycles. The Bertz CT molecular complexity index is 879. The number of hydrogen-bond acceptors (Lipinski definition) is 6. The maximum atomic E-state index is 11.5. The molecule has 0 amide bonds. The van der Waals surface area contributed by atoms with Gasteiger partial charge < -0.3 is 19.9 Å². The lowest BCUT2D eigenvalue weighted by atomic mass is 10.2. The third kappa shape index (κ3) is 5.47. The van der Waals surface area contributed by atoms with Crippen LogP contribution in [0.3, 0.4) is 0 Å². The van der Waals surface area contributed by atoms with E-state index in [-0.39, 0.29) is 16.8 Å². The predicted molar refractivity (Wildman–Crippen MR) is 99.0 cm³/mol. The molecule has 0 radical (unpaired) electrons. The zero-order valence-corrected chi connectivity index (χ0v) is 15.7. The molecule has 1 unspecified atom stereocenters. The first kappa shape index (κ1) is 19.7. The summed E-state index contributed by atoms with van der Waals surface area (Å²) in [6.45, 7) is 2.27. The molecule has 8 heteroatoms. The molecule has 0 spiro atoms. The van der Waals surface area contributed by atoms with E-state index in [9.17, 15) is 8.42 Å². The van der Waals surface area contributed by atoms with Crippen LogP contribution in [0.2, 0.25) is 0 Å². The van der Waals surface area contributed by atoms with Crippen LogP contribution in [-0.2, 0) is 14.6 Å². The molecule has 0 saturated carbocycles. The number of nitrogens with one attached hydrogen (secondary N) is 1. The van der Waals surface area contributed by atoms with Gasteiger partial charge in [0.2, 0.25) is 0 Å². The lowest BCUT2D eigenvalue weighted by Crippen LogP contribution is -2.18. The largest absolute Gasteiger partial charge is 0.488 e. The zero-order valence-electron chi connectivity index (χ0n) is 14.9. The molecule has 0 saturated heterocycles. The van der Waals surface area contributed by atoms with Gasteiger partial charge >= 0.3 is 0 Å². The second-order valence-corrected chi connectivity index (χ2v) is 7.85. The van der Waals surface area contributed by atoms with Crippen LogP contribution in [0.1, 0.15) is 12.5 Å². The highest BCUT2D eigenvalue weighted by Gasteiger charge is 2.11. The molecule has 2 aromatic rings. The minimum absolute atomic E-state index is 0.118. The molecular formula is C18H22N2O5S. The lowest BCUT2D eigenvalue weighted by Gasteiger charge is -2.16. The van der Waals surface area contributed by atoms with E-state index in [1.807, 2.05) is 6.92 Å². The predicted octanol–water partition coefficient (Wildman–Crippen LogP) is 2.58. The first-order valence-corrected chi connectivity index (χ1v) is 9.71. The number of ether oxygens (including phenoxy) is 3. The number of nitrogens with two attached hydrogens (primary N) is 1. The van der Waals surface area contributed by atoms with Gasteiger partial charge in [-0.3, -0.25) is 5.41 Å². The van der Waals surface area contributed by atoms with Gasteiger partial charge in [0.15, 0.2) is 9.84 Å². The number of methoxy groups -OCH3 is 1. The molecule has 7 nitrogen and oxygen atoms in total. The van der Waals surface area contributed by atoms with Crippen LogP contribution in [0, 0.1) is 5.41 Å². The van der Waals surface area contributed by atoms with E-state index in [0.29, 0.717) is 29.4 Å². The Morgan fingerprint density at radius 3 is 2.27 bits per heavy atom. The average Bonchev–Trinajstić information content (AvgIpc) is 2.54. The summed E-state index contributed by atoms with van der Waals surface area (Å²) >= 11 is 0. The summed E-state index contributed by atoms with van der Waals surface area (Å²) in [6.07, 6.45) is 0.952. The molecular weight excluding hydrogens is 356 g/mol. The maximum absolute atomic E-state index is 11.5. The highest BCUT2D eigenvalue weighted by Crippen LogP contribution is 2.28. The van der Waals surface area contributed by atoms with Crippen LogP contribution in [0.5, 0.6) is 17.2 Å². The number of benzene rings is 2. The van der Waals surface area contributed by atoms with Crippen molar-refractivity contribution in [3.63, 3.8) is 0 Å². The number of nitrogen functional groups attached to an aromatic ring is 1. The second-order valence-electron chi connectivity index (χ2n) is 5.84. The Balaban J connectivity index is 2.27. The lowest BCUT2D eigenvalue weighted by molar-refractivity contribution is 0.0919. The molecule has 0 aliphatic rings. The maximum Gasteiger partial charge on any atom is 0.175 e. The molecule has 0 fully saturated rings. The van der Waals surface area contributed by atoms with Gasteiger partial charge in [-0.05, 0) is 43.3 Å². The standard InChI is InChI=1S/C18H22N2O5S/c1-12(11-23-2)24-15-8-13(18(19)20)9-16(10-15)25-14-4-6-17(7-5-14)26(3,21)22/h4-10,12H,11H2,1-3H3,(H3,19,20). The van der Waals surface area contributed by atoms with Gasteiger partial charge in [-0.25, -0.2) is 8.42 Å². The summed E-state index contributed by atoms with van der Waals surface area (Å²) < 4.78 is 39.6. The summed E-state index contributed by atoms with van der Waals surface area (Å²) in [5.74, 6) is 1.25. The molecule has 1 atom stereocenters. The van der Waals surface area contributed by atoms with Crippen molar-refractivity contribution in [2.24, 2.45) is 5.73 Å². The van der Waals surface area contributed by atoms with Crippen molar-refractivity contribution in [3.8, 4) is 17.2 Å². The van der Waals surface area contributed by atoms with Gasteiger partial charge in [-0.2, -0.15) is 0 Å². The van der Waals surface area contributed by atoms with Gasteiger partial charge in [0.05, 0.1) is 11.5 Å². The number of amidine groups is 1. The van der Waals surface area contributed by atoms with Crippen LogP contribution >= 0.6 is 0 Å². The van der Waals surface area contributed by atoms with Crippen molar-refractivity contribution in [1.29, 1.82) is 5.41 Å². The van der Waals surface area contributed by atoms with Gasteiger partial charge in [0.1, 0.15) is 29.2 Å².